The summed E-state index contributed by atoms with van der Waals surface area (Å²) in [6.07, 6.45) is 4.32. The minimum Gasteiger partial charge on any atom is -0.456 e. The molecular formula is C16H20N2O5S2. The number of amides is 1. The molecule has 1 N–H and O–H groups in total. The Labute approximate surface area is 153 Å². The van der Waals surface area contributed by atoms with Crippen LogP contribution in [-0.2, 0) is 14.3 Å². The Morgan fingerprint density at radius 3 is 2.84 bits per heavy atom. The quantitative estimate of drug-likeness (QED) is 0.227. The molecule has 1 aliphatic rings. The van der Waals surface area contributed by atoms with Crippen molar-refractivity contribution in [3.8, 4) is 0 Å². The molecule has 7 nitrogen and oxygen atoms in total. The van der Waals surface area contributed by atoms with Crippen molar-refractivity contribution in [1.29, 1.82) is 0 Å². The van der Waals surface area contributed by atoms with Crippen molar-refractivity contribution in [3.05, 3.63) is 34.4 Å². The van der Waals surface area contributed by atoms with Crippen molar-refractivity contribution >= 4 is 44.8 Å². The summed E-state index contributed by atoms with van der Waals surface area (Å²) in [5, 5.41) is 14.0. The van der Waals surface area contributed by atoms with Gasteiger partial charge in [0.25, 0.3) is 11.6 Å². The fourth-order valence-electron chi connectivity index (χ4n) is 2.35. The van der Waals surface area contributed by atoms with E-state index < -0.39 is 23.4 Å². The average molecular weight is 384 g/mol. The van der Waals surface area contributed by atoms with Crippen molar-refractivity contribution in [3.63, 3.8) is 0 Å². The Morgan fingerprint density at radius 1 is 1.32 bits per heavy atom. The number of ether oxygens (including phenoxy) is 1. The number of esters is 1. The summed E-state index contributed by atoms with van der Waals surface area (Å²) < 4.78 is 4.92. The van der Waals surface area contributed by atoms with Gasteiger partial charge in [-0.25, -0.2) is 0 Å². The van der Waals surface area contributed by atoms with Gasteiger partial charge in [-0.3, -0.25) is 19.7 Å². The van der Waals surface area contributed by atoms with E-state index in [1.165, 1.54) is 30.4 Å². The van der Waals surface area contributed by atoms with E-state index in [0.717, 1.165) is 19.3 Å². The number of unbranched alkanes of at least 4 members (excludes halogenated alkanes) is 1. The van der Waals surface area contributed by atoms with Crippen LogP contribution in [-0.4, -0.2) is 34.4 Å². The number of hydrogen-bond donors (Lipinski definition) is 1. The third kappa shape index (κ3) is 6.95. The Balaban J connectivity index is 1.64. The van der Waals surface area contributed by atoms with Gasteiger partial charge in [-0.05, 0) is 25.3 Å². The second-order valence-electron chi connectivity index (χ2n) is 5.56. The third-order valence-corrected chi connectivity index (χ3v) is 6.63. The number of nitrogens with one attached hydrogen (secondary N) is 1. The first kappa shape index (κ1) is 19.6. The second-order valence-corrected chi connectivity index (χ2v) is 8.35. The van der Waals surface area contributed by atoms with E-state index >= 15 is 0 Å². The lowest BCUT2D eigenvalue weighted by molar-refractivity contribution is -0.383. The fraction of sp³-hybridized carbons (Fsp3) is 0.500. The maximum Gasteiger partial charge on any atom is 0.306 e. The highest BCUT2D eigenvalue weighted by atomic mass is 33.1. The maximum atomic E-state index is 11.8. The van der Waals surface area contributed by atoms with E-state index in [-0.39, 0.29) is 17.8 Å². The van der Waals surface area contributed by atoms with Crippen LogP contribution in [0.25, 0.3) is 0 Å². The molecule has 1 aromatic rings. The SMILES string of the molecule is O=C(COC(=O)CCCC[C@H]1CCSS1)Nc1ccccc1[N+](=O)[O-]. The summed E-state index contributed by atoms with van der Waals surface area (Å²) in [6, 6.07) is 5.81. The van der Waals surface area contributed by atoms with Gasteiger partial charge in [-0.15, -0.1) is 0 Å². The van der Waals surface area contributed by atoms with Crippen LogP contribution in [0.15, 0.2) is 24.3 Å². The van der Waals surface area contributed by atoms with Crippen LogP contribution < -0.4 is 5.32 Å². The Bertz CT molecular complexity index is 620. The number of para-hydroxylation sites is 2. The van der Waals surface area contributed by atoms with Crippen LogP contribution in [0.5, 0.6) is 0 Å². The summed E-state index contributed by atoms with van der Waals surface area (Å²) in [7, 11) is 3.82. The molecule has 136 valence electrons. The highest BCUT2D eigenvalue weighted by molar-refractivity contribution is 8.77. The standard InChI is InChI=1S/C16H20N2O5S2/c19-15(17-13-6-2-3-7-14(13)18(21)22)11-23-16(20)8-4-1-5-12-9-10-24-25-12/h2-3,6-7,12H,1,4-5,8-11H2,(H,17,19)/t12-/m0/s1. The van der Waals surface area contributed by atoms with Gasteiger partial charge in [0.05, 0.1) is 4.92 Å². The van der Waals surface area contributed by atoms with Crippen LogP contribution in [0.4, 0.5) is 11.4 Å². The number of nitro benzene ring substituents is 1. The lowest BCUT2D eigenvalue weighted by Gasteiger charge is -2.08. The minimum atomic E-state index is -0.595. The van der Waals surface area contributed by atoms with Gasteiger partial charge >= 0.3 is 5.97 Å². The monoisotopic (exact) mass is 384 g/mol. The summed E-state index contributed by atoms with van der Waals surface area (Å²) in [5.74, 6) is 0.180. The first-order valence-corrected chi connectivity index (χ1v) is 10.4. The number of anilines is 1. The highest BCUT2D eigenvalue weighted by Gasteiger charge is 2.17. The molecule has 25 heavy (non-hydrogen) atoms. The predicted octanol–water partition coefficient (Wildman–Crippen LogP) is 3.79. The molecular weight excluding hydrogens is 364 g/mol. The van der Waals surface area contributed by atoms with E-state index in [9.17, 15) is 19.7 Å². The Hall–Kier alpha value is -1.74. The molecule has 1 fully saturated rings. The second kappa shape index (κ2) is 10.3. The lowest BCUT2D eigenvalue weighted by atomic mass is 10.1. The molecule has 2 rings (SSSR count). The minimum absolute atomic E-state index is 0.0838. The smallest absolute Gasteiger partial charge is 0.306 e. The molecule has 0 bridgehead atoms. The van der Waals surface area contributed by atoms with Crippen molar-refractivity contribution in [1.82, 2.24) is 0 Å². The van der Waals surface area contributed by atoms with E-state index in [4.69, 9.17) is 4.74 Å². The number of carbonyl (C=O) groups is 2. The Kier molecular flexibility index (Phi) is 8.07. The number of hydrogen-bond acceptors (Lipinski definition) is 7. The van der Waals surface area contributed by atoms with Gasteiger partial charge in [0, 0.05) is 23.5 Å². The van der Waals surface area contributed by atoms with E-state index in [2.05, 4.69) is 5.32 Å². The molecule has 1 heterocycles. The molecule has 1 amide bonds. The van der Waals surface area contributed by atoms with Crippen LogP contribution in [0.2, 0.25) is 0 Å². The zero-order valence-electron chi connectivity index (χ0n) is 13.6. The molecule has 0 unspecified atom stereocenters. The van der Waals surface area contributed by atoms with E-state index in [1.54, 1.807) is 6.07 Å². The van der Waals surface area contributed by atoms with Gasteiger partial charge in [-0.1, -0.05) is 40.1 Å². The first-order chi connectivity index (χ1) is 12.1. The van der Waals surface area contributed by atoms with Crippen LogP contribution in [0.3, 0.4) is 0 Å². The topological polar surface area (TPSA) is 98.5 Å². The van der Waals surface area contributed by atoms with E-state index in [0.29, 0.717) is 5.25 Å². The summed E-state index contributed by atoms with van der Waals surface area (Å²) in [4.78, 5) is 33.7. The van der Waals surface area contributed by atoms with Crippen LogP contribution in [0.1, 0.15) is 32.1 Å². The predicted molar refractivity (Wildman–Crippen MR) is 99.6 cm³/mol. The summed E-state index contributed by atoms with van der Waals surface area (Å²) >= 11 is 0. The number of carbonyl (C=O) groups excluding carboxylic acids is 2. The summed E-state index contributed by atoms with van der Waals surface area (Å²) in [6.45, 7) is -0.444. The van der Waals surface area contributed by atoms with Crippen molar-refractivity contribution < 1.29 is 19.2 Å². The summed E-state index contributed by atoms with van der Waals surface area (Å²) in [5.41, 5.74) is -0.120. The number of nitrogens with zero attached hydrogens (tertiary/aromatic N) is 1. The van der Waals surface area contributed by atoms with Crippen molar-refractivity contribution in [2.24, 2.45) is 0 Å². The molecule has 9 heteroatoms. The van der Waals surface area contributed by atoms with Gasteiger partial charge in [-0.2, -0.15) is 0 Å². The molecule has 1 aliphatic heterocycles. The third-order valence-electron chi connectivity index (χ3n) is 3.62. The van der Waals surface area contributed by atoms with Crippen molar-refractivity contribution in [2.45, 2.75) is 37.4 Å². The first-order valence-electron chi connectivity index (χ1n) is 8.03. The number of nitro groups is 1. The molecule has 0 radical (unpaired) electrons. The fourth-order valence-corrected chi connectivity index (χ4v) is 5.38. The molecule has 0 aliphatic carbocycles. The molecule has 0 aromatic heterocycles. The van der Waals surface area contributed by atoms with Gasteiger partial charge in [0.1, 0.15) is 5.69 Å². The van der Waals surface area contributed by atoms with Crippen LogP contribution in [0, 0.1) is 10.1 Å². The van der Waals surface area contributed by atoms with Gasteiger partial charge in [0.2, 0.25) is 0 Å². The average Bonchev–Trinajstić information content (AvgIpc) is 3.10. The maximum absolute atomic E-state index is 11.8. The number of rotatable bonds is 9. The number of benzene rings is 1. The van der Waals surface area contributed by atoms with Gasteiger partial charge in [0.15, 0.2) is 6.61 Å². The molecule has 1 saturated heterocycles. The largest absolute Gasteiger partial charge is 0.456 e. The Morgan fingerprint density at radius 2 is 2.12 bits per heavy atom. The molecule has 0 saturated carbocycles. The zero-order valence-corrected chi connectivity index (χ0v) is 15.3. The molecule has 1 atom stereocenters. The normalized spacial score (nSPS) is 16.4. The van der Waals surface area contributed by atoms with Crippen LogP contribution >= 0.6 is 21.6 Å². The van der Waals surface area contributed by atoms with E-state index in [1.807, 2.05) is 21.6 Å². The lowest BCUT2D eigenvalue weighted by Crippen LogP contribution is -2.21. The zero-order chi connectivity index (χ0) is 18.1. The highest BCUT2D eigenvalue weighted by Crippen LogP contribution is 2.39. The molecule has 0 spiro atoms. The van der Waals surface area contributed by atoms with Crippen molar-refractivity contribution in [2.75, 3.05) is 17.7 Å². The molecule has 1 aromatic carbocycles. The van der Waals surface area contributed by atoms with Gasteiger partial charge < -0.3 is 10.1 Å².